The number of benzene rings is 2. The summed E-state index contributed by atoms with van der Waals surface area (Å²) in [4.78, 5) is 12.8. The molecule has 4 heteroatoms. The molecule has 0 heterocycles. The summed E-state index contributed by atoms with van der Waals surface area (Å²) in [5.74, 6) is -1.95. The second-order valence-electron chi connectivity index (χ2n) is 4.76. The van der Waals surface area contributed by atoms with Crippen molar-refractivity contribution < 1.29 is 14.3 Å². The van der Waals surface area contributed by atoms with Gasteiger partial charge in [0.25, 0.3) is 0 Å². The van der Waals surface area contributed by atoms with Gasteiger partial charge in [-0.15, -0.1) is 0 Å². The monoisotopic (exact) mass is 273 g/mol. The lowest BCUT2D eigenvalue weighted by Crippen LogP contribution is -2.17. The number of carbonyl (C=O) groups is 1. The third kappa shape index (κ3) is 2.96. The Morgan fingerprint density at radius 2 is 1.95 bits per heavy atom. The highest BCUT2D eigenvalue weighted by atomic mass is 19.1. The Morgan fingerprint density at radius 1 is 1.25 bits per heavy atom. The van der Waals surface area contributed by atoms with E-state index in [1.807, 2.05) is 43.1 Å². The third-order valence-corrected chi connectivity index (χ3v) is 3.21. The number of hydrogen-bond donors (Lipinski definition) is 1. The molecule has 0 saturated heterocycles. The maximum atomic E-state index is 13.6. The molecule has 0 aliphatic carbocycles. The fraction of sp³-hybridized carbons (Fsp3) is 0.188. The third-order valence-electron chi connectivity index (χ3n) is 3.21. The molecule has 2 aromatic rings. The molecule has 0 aliphatic rings. The van der Waals surface area contributed by atoms with Gasteiger partial charge in [0.05, 0.1) is 5.56 Å². The van der Waals surface area contributed by atoms with Crippen LogP contribution in [-0.4, -0.2) is 18.1 Å². The van der Waals surface area contributed by atoms with Crippen molar-refractivity contribution >= 4 is 11.7 Å². The molecule has 0 spiro atoms. The zero-order chi connectivity index (χ0) is 14.7. The van der Waals surface area contributed by atoms with E-state index in [0.717, 1.165) is 16.8 Å². The fourth-order valence-corrected chi connectivity index (χ4v) is 2.18. The number of carboxylic acid groups (broad SMARTS) is 1. The van der Waals surface area contributed by atoms with Crippen molar-refractivity contribution in [2.45, 2.75) is 13.5 Å². The molecular weight excluding hydrogens is 257 g/mol. The number of aryl methyl sites for hydroxylation is 1. The molecule has 0 fully saturated rings. The molecule has 0 unspecified atom stereocenters. The first-order valence-corrected chi connectivity index (χ1v) is 6.27. The maximum absolute atomic E-state index is 13.6. The fourth-order valence-electron chi connectivity index (χ4n) is 2.18. The molecule has 2 rings (SSSR count). The van der Waals surface area contributed by atoms with Crippen molar-refractivity contribution in [1.82, 2.24) is 0 Å². The molecule has 0 aromatic heterocycles. The van der Waals surface area contributed by atoms with Crippen molar-refractivity contribution in [2.75, 3.05) is 11.9 Å². The van der Waals surface area contributed by atoms with Crippen molar-refractivity contribution in [3.63, 3.8) is 0 Å². The van der Waals surface area contributed by atoms with Gasteiger partial charge in [-0.1, -0.05) is 24.3 Å². The van der Waals surface area contributed by atoms with E-state index in [-0.39, 0.29) is 5.56 Å². The predicted octanol–water partition coefficient (Wildman–Crippen LogP) is 3.47. The standard InChI is InChI=1S/C16H16FNO2/c1-11-5-3-4-6-15(11)18(2)10-12-7-8-13(16(19)20)14(17)9-12/h3-9H,10H2,1-2H3,(H,19,20). The molecule has 0 atom stereocenters. The Labute approximate surface area is 117 Å². The second kappa shape index (κ2) is 5.74. The van der Waals surface area contributed by atoms with Crippen molar-refractivity contribution in [1.29, 1.82) is 0 Å². The topological polar surface area (TPSA) is 40.5 Å². The normalized spacial score (nSPS) is 10.3. The van der Waals surface area contributed by atoms with Gasteiger partial charge < -0.3 is 10.0 Å². The van der Waals surface area contributed by atoms with Gasteiger partial charge in [-0.05, 0) is 36.2 Å². The average Bonchev–Trinajstić information content (AvgIpc) is 2.38. The first kappa shape index (κ1) is 14.1. The van der Waals surface area contributed by atoms with E-state index in [4.69, 9.17) is 5.11 Å². The number of halogens is 1. The number of hydrogen-bond acceptors (Lipinski definition) is 2. The number of anilines is 1. The van der Waals surface area contributed by atoms with Gasteiger partial charge in [-0.3, -0.25) is 0 Å². The van der Waals surface area contributed by atoms with E-state index in [1.165, 1.54) is 12.1 Å². The van der Waals surface area contributed by atoms with Gasteiger partial charge in [0, 0.05) is 19.3 Å². The Kier molecular flexibility index (Phi) is 4.03. The summed E-state index contributed by atoms with van der Waals surface area (Å²) < 4.78 is 13.6. The number of carboxylic acids is 1. The molecule has 3 nitrogen and oxygen atoms in total. The van der Waals surface area contributed by atoms with E-state index in [0.29, 0.717) is 6.54 Å². The van der Waals surface area contributed by atoms with Gasteiger partial charge in [0.15, 0.2) is 0 Å². The summed E-state index contributed by atoms with van der Waals surface area (Å²) >= 11 is 0. The quantitative estimate of drug-likeness (QED) is 0.927. The summed E-state index contributed by atoms with van der Waals surface area (Å²) in [6.07, 6.45) is 0. The van der Waals surface area contributed by atoms with Crippen LogP contribution >= 0.6 is 0 Å². The summed E-state index contributed by atoms with van der Waals surface area (Å²) in [5.41, 5.74) is 2.64. The minimum atomic E-state index is -1.25. The van der Waals surface area contributed by atoms with Crippen LogP contribution in [0.1, 0.15) is 21.5 Å². The number of rotatable bonds is 4. The molecule has 0 aliphatic heterocycles. The molecule has 0 bridgehead atoms. The largest absolute Gasteiger partial charge is 0.478 e. The molecule has 104 valence electrons. The smallest absolute Gasteiger partial charge is 0.338 e. The highest BCUT2D eigenvalue weighted by Crippen LogP contribution is 2.20. The Hall–Kier alpha value is -2.36. The van der Waals surface area contributed by atoms with E-state index in [1.54, 1.807) is 6.07 Å². The van der Waals surface area contributed by atoms with Crippen LogP contribution < -0.4 is 4.90 Å². The molecule has 0 saturated carbocycles. The minimum Gasteiger partial charge on any atom is -0.478 e. The van der Waals surface area contributed by atoms with E-state index < -0.39 is 11.8 Å². The van der Waals surface area contributed by atoms with E-state index >= 15 is 0 Å². The first-order chi connectivity index (χ1) is 9.49. The van der Waals surface area contributed by atoms with Crippen LogP contribution in [0.5, 0.6) is 0 Å². The second-order valence-corrected chi connectivity index (χ2v) is 4.76. The zero-order valence-corrected chi connectivity index (χ0v) is 11.4. The Morgan fingerprint density at radius 3 is 2.55 bits per heavy atom. The predicted molar refractivity (Wildman–Crippen MR) is 76.6 cm³/mol. The first-order valence-electron chi connectivity index (χ1n) is 6.27. The SMILES string of the molecule is Cc1ccccc1N(C)Cc1ccc(C(=O)O)c(F)c1. The molecule has 20 heavy (non-hydrogen) atoms. The number of nitrogens with zero attached hydrogens (tertiary/aromatic N) is 1. The van der Waals surface area contributed by atoms with Crippen molar-refractivity contribution in [3.8, 4) is 0 Å². The minimum absolute atomic E-state index is 0.299. The molecule has 0 radical (unpaired) electrons. The lowest BCUT2D eigenvalue weighted by molar-refractivity contribution is 0.0692. The molecule has 1 N–H and O–H groups in total. The van der Waals surface area contributed by atoms with Crippen LogP contribution in [0, 0.1) is 12.7 Å². The molecule has 2 aromatic carbocycles. The summed E-state index contributed by atoms with van der Waals surface area (Å²) in [5, 5.41) is 8.80. The number of para-hydroxylation sites is 1. The molecule has 0 amide bonds. The van der Waals surface area contributed by atoms with Crippen LogP contribution in [0.25, 0.3) is 0 Å². The Bertz CT molecular complexity index is 640. The van der Waals surface area contributed by atoms with Crippen LogP contribution in [0.4, 0.5) is 10.1 Å². The lowest BCUT2D eigenvalue weighted by atomic mass is 10.1. The van der Waals surface area contributed by atoms with Crippen molar-refractivity contribution in [3.05, 3.63) is 65.0 Å². The summed E-state index contributed by atoms with van der Waals surface area (Å²) in [6.45, 7) is 2.53. The van der Waals surface area contributed by atoms with Gasteiger partial charge in [-0.25, -0.2) is 9.18 Å². The van der Waals surface area contributed by atoms with Crippen LogP contribution in [-0.2, 0) is 6.54 Å². The van der Waals surface area contributed by atoms with E-state index in [9.17, 15) is 9.18 Å². The highest BCUT2D eigenvalue weighted by Gasteiger charge is 2.11. The van der Waals surface area contributed by atoms with Crippen molar-refractivity contribution in [2.24, 2.45) is 0 Å². The highest BCUT2D eigenvalue weighted by molar-refractivity contribution is 5.87. The zero-order valence-electron chi connectivity index (χ0n) is 11.4. The van der Waals surface area contributed by atoms with Crippen LogP contribution in [0.15, 0.2) is 42.5 Å². The van der Waals surface area contributed by atoms with Crippen LogP contribution in [0.2, 0.25) is 0 Å². The van der Waals surface area contributed by atoms with Gasteiger partial charge >= 0.3 is 5.97 Å². The Balaban J connectivity index is 2.20. The van der Waals surface area contributed by atoms with Gasteiger partial charge in [0.2, 0.25) is 0 Å². The summed E-state index contributed by atoms with van der Waals surface area (Å²) in [7, 11) is 1.92. The van der Waals surface area contributed by atoms with E-state index in [2.05, 4.69) is 0 Å². The summed E-state index contributed by atoms with van der Waals surface area (Å²) in [6, 6.07) is 12.1. The maximum Gasteiger partial charge on any atom is 0.338 e. The molecular formula is C16H16FNO2. The lowest BCUT2D eigenvalue weighted by Gasteiger charge is -2.21. The van der Waals surface area contributed by atoms with Gasteiger partial charge in [-0.2, -0.15) is 0 Å². The number of aromatic carboxylic acids is 1. The van der Waals surface area contributed by atoms with Crippen LogP contribution in [0.3, 0.4) is 0 Å². The van der Waals surface area contributed by atoms with Gasteiger partial charge in [0.1, 0.15) is 5.82 Å². The average molecular weight is 273 g/mol.